The van der Waals surface area contributed by atoms with Crippen LogP contribution in [0.1, 0.15) is 6.42 Å². The molecule has 1 aromatic heterocycles. The third kappa shape index (κ3) is 1.82. The molecule has 0 radical (unpaired) electrons. The Balaban J connectivity index is 1.80. The molecule has 3 heterocycles. The van der Waals surface area contributed by atoms with Crippen molar-refractivity contribution in [3.63, 3.8) is 0 Å². The fraction of sp³-hybridized carbons (Fsp3) is 0.333. The number of nitrogens with one attached hydrogen (secondary N) is 1. The van der Waals surface area contributed by atoms with E-state index in [0.29, 0.717) is 18.0 Å². The van der Waals surface area contributed by atoms with Crippen molar-refractivity contribution in [2.45, 2.75) is 18.5 Å². The van der Waals surface area contributed by atoms with Crippen molar-refractivity contribution in [1.82, 2.24) is 15.3 Å². The maximum Gasteiger partial charge on any atom is 0.221 e. The average molecular weight is 267 g/mol. The van der Waals surface area contributed by atoms with E-state index in [-0.39, 0.29) is 0 Å². The van der Waals surface area contributed by atoms with Crippen molar-refractivity contribution in [3.05, 3.63) is 36.5 Å². The van der Waals surface area contributed by atoms with Crippen LogP contribution in [0.5, 0.6) is 0 Å². The molecule has 0 spiro atoms. The average Bonchev–Trinajstić information content (AvgIpc) is 3.11. The Kier molecular flexibility index (Phi) is 2.60. The predicted molar refractivity (Wildman–Crippen MR) is 79.4 cm³/mol. The van der Waals surface area contributed by atoms with Gasteiger partial charge in [0.05, 0.1) is 0 Å². The number of hydrogen-bond donors (Lipinski definition) is 2. The lowest BCUT2D eigenvalue weighted by Crippen LogP contribution is -2.44. The summed E-state index contributed by atoms with van der Waals surface area (Å²) in [5.74, 6) is 1.31. The van der Waals surface area contributed by atoms with Crippen molar-refractivity contribution < 1.29 is 0 Å². The highest BCUT2D eigenvalue weighted by Crippen LogP contribution is 2.35. The van der Waals surface area contributed by atoms with Crippen LogP contribution in [-0.4, -0.2) is 35.1 Å². The first-order valence-electron chi connectivity index (χ1n) is 6.99. The number of fused-ring (bicyclic) bond motifs is 2. The molecule has 2 aromatic rings. The van der Waals surface area contributed by atoms with Crippen molar-refractivity contribution >= 4 is 11.8 Å². The fourth-order valence-corrected chi connectivity index (χ4v) is 3.25. The Labute approximate surface area is 117 Å². The Hall–Kier alpha value is -2.14. The number of nitrogens with two attached hydrogens (primary N) is 1. The van der Waals surface area contributed by atoms with Crippen molar-refractivity contribution in [2.24, 2.45) is 0 Å². The van der Waals surface area contributed by atoms with E-state index in [2.05, 4.69) is 32.3 Å². The molecule has 20 heavy (non-hydrogen) atoms. The molecule has 2 unspecified atom stereocenters. The first kappa shape index (κ1) is 11.7. The molecule has 0 saturated carbocycles. The van der Waals surface area contributed by atoms with Gasteiger partial charge in [-0.15, -0.1) is 0 Å². The molecule has 5 nitrogen and oxygen atoms in total. The van der Waals surface area contributed by atoms with Gasteiger partial charge in [0.1, 0.15) is 5.82 Å². The van der Waals surface area contributed by atoms with Crippen LogP contribution in [0.3, 0.4) is 0 Å². The summed E-state index contributed by atoms with van der Waals surface area (Å²) in [4.78, 5) is 11.1. The van der Waals surface area contributed by atoms with Crippen LogP contribution < -0.4 is 16.0 Å². The third-order valence-electron chi connectivity index (χ3n) is 4.20. The van der Waals surface area contributed by atoms with Crippen molar-refractivity contribution in [2.75, 3.05) is 23.7 Å². The lowest BCUT2D eigenvalue weighted by molar-refractivity contribution is 0.576. The van der Waals surface area contributed by atoms with E-state index in [1.807, 2.05) is 24.4 Å². The number of nitrogens with zero attached hydrogens (tertiary/aromatic N) is 3. The highest BCUT2D eigenvalue weighted by molar-refractivity contribution is 5.76. The Morgan fingerprint density at radius 1 is 1.25 bits per heavy atom. The monoisotopic (exact) mass is 267 g/mol. The van der Waals surface area contributed by atoms with Crippen LogP contribution in [0.2, 0.25) is 0 Å². The van der Waals surface area contributed by atoms with Crippen molar-refractivity contribution in [3.8, 4) is 11.1 Å². The zero-order chi connectivity index (χ0) is 13.5. The topological polar surface area (TPSA) is 67.1 Å². The van der Waals surface area contributed by atoms with Crippen molar-refractivity contribution in [1.29, 1.82) is 0 Å². The molecule has 2 atom stereocenters. The minimum atomic E-state index is 0.343. The SMILES string of the molecule is Nc1ncc(-c2ccccc2)c(N2CC3CC2CN3)n1. The molecule has 2 bridgehead atoms. The number of piperazine rings is 1. The van der Waals surface area contributed by atoms with E-state index in [1.165, 1.54) is 6.42 Å². The van der Waals surface area contributed by atoms with Gasteiger partial charge in [0.15, 0.2) is 0 Å². The Morgan fingerprint density at radius 3 is 2.80 bits per heavy atom. The minimum absolute atomic E-state index is 0.343. The Morgan fingerprint density at radius 2 is 2.10 bits per heavy atom. The van der Waals surface area contributed by atoms with Crippen LogP contribution in [0.25, 0.3) is 11.1 Å². The molecule has 5 heteroatoms. The van der Waals surface area contributed by atoms with Gasteiger partial charge in [0.25, 0.3) is 0 Å². The molecule has 4 rings (SSSR count). The van der Waals surface area contributed by atoms with Crippen LogP contribution >= 0.6 is 0 Å². The van der Waals surface area contributed by atoms with Gasteiger partial charge in [0, 0.05) is 36.9 Å². The van der Waals surface area contributed by atoms with E-state index < -0.39 is 0 Å². The zero-order valence-corrected chi connectivity index (χ0v) is 11.2. The van der Waals surface area contributed by atoms with E-state index >= 15 is 0 Å². The molecular weight excluding hydrogens is 250 g/mol. The maximum absolute atomic E-state index is 5.81. The molecule has 2 aliphatic rings. The van der Waals surface area contributed by atoms with E-state index in [4.69, 9.17) is 5.73 Å². The van der Waals surface area contributed by atoms with Crippen LogP contribution in [0, 0.1) is 0 Å². The minimum Gasteiger partial charge on any atom is -0.368 e. The predicted octanol–water partition coefficient (Wildman–Crippen LogP) is 1.28. The number of nitrogen functional groups attached to an aromatic ring is 1. The van der Waals surface area contributed by atoms with Gasteiger partial charge in [-0.1, -0.05) is 30.3 Å². The van der Waals surface area contributed by atoms with E-state index in [1.54, 1.807) is 0 Å². The molecule has 2 fully saturated rings. The van der Waals surface area contributed by atoms with Gasteiger partial charge in [-0.3, -0.25) is 0 Å². The summed E-state index contributed by atoms with van der Waals surface area (Å²) in [6.45, 7) is 2.03. The van der Waals surface area contributed by atoms with Gasteiger partial charge in [-0.2, -0.15) is 4.98 Å². The summed E-state index contributed by atoms with van der Waals surface area (Å²) < 4.78 is 0. The number of aromatic nitrogens is 2. The van der Waals surface area contributed by atoms with Gasteiger partial charge in [-0.25, -0.2) is 4.98 Å². The first-order chi connectivity index (χ1) is 9.81. The van der Waals surface area contributed by atoms with Gasteiger partial charge in [-0.05, 0) is 12.0 Å². The molecule has 3 N–H and O–H groups in total. The molecule has 0 amide bonds. The smallest absolute Gasteiger partial charge is 0.221 e. The van der Waals surface area contributed by atoms with Gasteiger partial charge in [0.2, 0.25) is 5.95 Å². The number of benzene rings is 1. The van der Waals surface area contributed by atoms with Crippen LogP contribution in [-0.2, 0) is 0 Å². The summed E-state index contributed by atoms with van der Waals surface area (Å²) in [6, 6.07) is 11.4. The number of rotatable bonds is 2. The summed E-state index contributed by atoms with van der Waals surface area (Å²) in [6.07, 6.45) is 3.03. The number of anilines is 2. The van der Waals surface area contributed by atoms with E-state index in [0.717, 1.165) is 30.0 Å². The van der Waals surface area contributed by atoms with Gasteiger partial charge < -0.3 is 16.0 Å². The lowest BCUT2D eigenvalue weighted by Gasteiger charge is -2.30. The second-order valence-electron chi connectivity index (χ2n) is 5.48. The molecular formula is C15H17N5. The first-order valence-corrected chi connectivity index (χ1v) is 6.99. The highest BCUT2D eigenvalue weighted by Gasteiger charge is 2.39. The second kappa shape index (κ2) is 4.45. The molecule has 2 saturated heterocycles. The summed E-state index contributed by atoms with van der Waals surface area (Å²) in [5.41, 5.74) is 8.01. The standard InChI is InChI=1S/C15H17N5/c16-15-18-8-13(10-4-2-1-3-5-10)14(19-15)20-9-11-6-12(20)7-17-11/h1-5,8,11-12,17H,6-7,9H2,(H2,16,18,19). The van der Waals surface area contributed by atoms with Crippen LogP contribution in [0.15, 0.2) is 36.5 Å². The van der Waals surface area contributed by atoms with E-state index in [9.17, 15) is 0 Å². The largest absolute Gasteiger partial charge is 0.368 e. The molecule has 2 aliphatic heterocycles. The Bertz CT molecular complexity index is 627. The van der Waals surface area contributed by atoms with Crippen LogP contribution in [0.4, 0.5) is 11.8 Å². The highest BCUT2D eigenvalue weighted by atomic mass is 15.3. The quantitative estimate of drug-likeness (QED) is 0.858. The summed E-state index contributed by atoms with van der Waals surface area (Å²) >= 11 is 0. The molecule has 0 aliphatic carbocycles. The molecule has 1 aromatic carbocycles. The summed E-state index contributed by atoms with van der Waals surface area (Å²) in [7, 11) is 0. The number of hydrogen-bond acceptors (Lipinski definition) is 5. The fourth-order valence-electron chi connectivity index (χ4n) is 3.25. The summed E-state index contributed by atoms with van der Waals surface area (Å²) in [5, 5.41) is 3.51. The lowest BCUT2D eigenvalue weighted by atomic mass is 10.1. The zero-order valence-electron chi connectivity index (χ0n) is 11.2. The maximum atomic E-state index is 5.81. The normalized spacial score (nSPS) is 24.3. The molecule has 102 valence electrons. The second-order valence-corrected chi connectivity index (χ2v) is 5.48. The third-order valence-corrected chi connectivity index (χ3v) is 4.20. The van der Waals surface area contributed by atoms with Gasteiger partial charge >= 0.3 is 0 Å².